The zero-order valence-electron chi connectivity index (χ0n) is 15.7. The molecule has 1 amide bonds. The first kappa shape index (κ1) is 21.3. The molecule has 0 spiro atoms. The van der Waals surface area contributed by atoms with Crippen LogP contribution in [0, 0.1) is 5.92 Å². The summed E-state index contributed by atoms with van der Waals surface area (Å²) in [5.41, 5.74) is 0.353. The van der Waals surface area contributed by atoms with Gasteiger partial charge < -0.3 is 10.2 Å². The molecule has 0 saturated carbocycles. The lowest BCUT2D eigenvalue weighted by molar-refractivity contribution is 0.0938. The maximum atomic E-state index is 12.7. The number of hydrogen-bond acceptors (Lipinski definition) is 4. The van der Waals surface area contributed by atoms with Crippen molar-refractivity contribution in [1.82, 2.24) is 14.5 Å². The molecule has 6 nitrogen and oxygen atoms in total. The summed E-state index contributed by atoms with van der Waals surface area (Å²) in [7, 11) is -1.48. The van der Waals surface area contributed by atoms with E-state index in [1.807, 2.05) is 0 Å². The predicted octanol–water partition coefficient (Wildman–Crippen LogP) is 2.55. The average molecular weight is 446 g/mol. The number of nitrogens with zero attached hydrogens (tertiary/aromatic N) is 2. The highest BCUT2D eigenvalue weighted by molar-refractivity contribution is 9.10. The topological polar surface area (TPSA) is 69.7 Å². The third-order valence-electron chi connectivity index (χ3n) is 4.92. The van der Waals surface area contributed by atoms with Gasteiger partial charge in [-0.2, -0.15) is 4.31 Å². The highest BCUT2D eigenvalue weighted by Crippen LogP contribution is 2.24. The first-order valence-corrected chi connectivity index (χ1v) is 11.3. The molecule has 1 N–H and O–H groups in total. The molecule has 0 atom stereocenters. The summed E-state index contributed by atoms with van der Waals surface area (Å²) >= 11 is 3.37. The van der Waals surface area contributed by atoms with E-state index < -0.39 is 10.0 Å². The number of piperidine rings is 1. The van der Waals surface area contributed by atoms with Crippen LogP contribution in [0.15, 0.2) is 27.6 Å². The van der Waals surface area contributed by atoms with Gasteiger partial charge in [-0.1, -0.05) is 13.8 Å². The molecule has 26 heavy (non-hydrogen) atoms. The molecule has 146 valence electrons. The summed E-state index contributed by atoms with van der Waals surface area (Å²) < 4.78 is 27.4. The third-order valence-corrected chi connectivity index (χ3v) is 7.65. The Kier molecular flexibility index (Phi) is 7.63. The van der Waals surface area contributed by atoms with E-state index >= 15 is 0 Å². The van der Waals surface area contributed by atoms with Crippen LogP contribution in [0.2, 0.25) is 0 Å². The zero-order chi connectivity index (χ0) is 19.3. The zero-order valence-corrected chi connectivity index (χ0v) is 18.1. The number of rotatable bonds is 7. The SMILES string of the molecule is CCN(CC)S(=O)(=O)c1ccc(Br)c(C(=O)NCC2CCN(C)CC2)c1. The summed E-state index contributed by atoms with van der Waals surface area (Å²) in [4.78, 5) is 15.0. The Morgan fingerprint density at radius 1 is 1.27 bits per heavy atom. The normalized spacial score (nSPS) is 16.8. The van der Waals surface area contributed by atoms with Gasteiger partial charge in [0.25, 0.3) is 5.91 Å². The second-order valence-corrected chi connectivity index (χ2v) is 9.48. The molecular formula is C18H28BrN3O3S. The van der Waals surface area contributed by atoms with Crippen LogP contribution >= 0.6 is 15.9 Å². The molecule has 1 aliphatic rings. The summed E-state index contributed by atoms with van der Waals surface area (Å²) in [5.74, 6) is 0.226. The molecule has 0 bridgehead atoms. The van der Waals surface area contributed by atoms with Crippen molar-refractivity contribution in [2.24, 2.45) is 5.92 Å². The number of likely N-dealkylation sites (tertiary alicyclic amines) is 1. The van der Waals surface area contributed by atoms with Gasteiger partial charge in [0.2, 0.25) is 10.0 Å². The minimum atomic E-state index is -3.59. The number of nitrogens with one attached hydrogen (secondary N) is 1. The molecule has 0 unspecified atom stereocenters. The summed E-state index contributed by atoms with van der Waals surface area (Å²) in [6.07, 6.45) is 2.13. The molecular weight excluding hydrogens is 418 g/mol. The Hall–Kier alpha value is -0.960. The fourth-order valence-electron chi connectivity index (χ4n) is 3.15. The van der Waals surface area contributed by atoms with E-state index in [-0.39, 0.29) is 10.8 Å². The lowest BCUT2D eigenvalue weighted by Gasteiger charge is -2.29. The summed E-state index contributed by atoms with van der Waals surface area (Å²) in [6.45, 7) is 7.10. The van der Waals surface area contributed by atoms with Gasteiger partial charge >= 0.3 is 0 Å². The van der Waals surface area contributed by atoms with Gasteiger partial charge in [0.1, 0.15) is 0 Å². The number of carbonyl (C=O) groups excluding carboxylic acids is 1. The number of hydrogen-bond donors (Lipinski definition) is 1. The molecule has 1 fully saturated rings. The van der Waals surface area contributed by atoms with Crippen molar-refractivity contribution in [2.45, 2.75) is 31.6 Å². The molecule has 1 saturated heterocycles. The molecule has 1 heterocycles. The standard InChI is InChI=1S/C18H28BrN3O3S/c1-4-22(5-2)26(24,25)15-6-7-17(19)16(12-15)18(23)20-13-14-8-10-21(3)11-9-14/h6-7,12,14H,4-5,8-11,13H2,1-3H3,(H,20,23). The maximum Gasteiger partial charge on any atom is 0.252 e. The lowest BCUT2D eigenvalue weighted by atomic mass is 9.97. The van der Waals surface area contributed by atoms with Crippen molar-refractivity contribution >= 4 is 31.9 Å². The fraction of sp³-hybridized carbons (Fsp3) is 0.611. The van der Waals surface area contributed by atoms with Gasteiger partial charge in [-0.05, 0) is 73.0 Å². The predicted molar refractivity (Wildman–Crippen MR) is 107 cm³/mol. The molecule has 0 aromatic heterocycles. The van der Waals surface area contributed by atoms with Gasteiger partial charge in [0.05, 0.1) is 10.5 Å². The Labute approximate surface area is 165 Å². The van der Waals surface area contributed by atoms with E-state index in [0.29, 0.717) is 35.6 Å². The van der Waals surface area contributed by atoms with E-state index in [4.69, 9.17) is 0 Å². The number of carbonyl (C=O) groups is 1. The highest BCUT2D eigenvalue weighted by atomic mass is 79.9. The summed E-state index contributed by atoms with van der Waals surface area (Å²) in [6, 6.07) is 4.62. The van der Waals surface area contributed by atoms with Crippen LogP contribution in [0.25, 0.3) is 0 Å². The molecule has 1 aromatic carbocycles. The average Bonchev–Trinajstić information content (AvgIpc) is 2.62. The smallest absolute Gasteiger partial charge is 0.252 e. The lowest BCUT2D eigenvalue weighted by Crippen LogP contribution is -2.37. The van der Waals surface area contributed by atoms with E-state index in [0.717, 1.165) is 25.9 Å². The van der Waals surface area contributed by atoms with Crippen molar-refractivity contribution in [1.29, 1.82) is 0 Å². The van der Waals surface area contributed by atoms with Gasteiger partial charge in [-0.25, -0.2) is 8.42 Å². The van der Waals surface area contributed by atoms with Crippen molar-refractivity contribution in [2.75, 3.05) is 39.8 Å². The Balaban J connectivity index is 2.12. The van der Waals surface area contributed by atoms with Crippen molar-refractivity contribution < 1.29 is 13.2 Å². The Morgan fingerprint density at radius 3 is 2.46 bits per heavy atom. The van der Waals surface area contributed by atoms with E-state index in [2.05, 4.69) is 33.2 Å². The number of sulfonamides is 1. The van der Waals surface area contributed by atoms with Gasteiger partial charge in [-0.3, -0.25) is 4.79 Å². The molecule has 0 radical (unpaired) electrons. The second kappa shape index (κ2) is 9.30. The Bertz CT molecular complexity index is 727. The fourth-order valence-corrected chi connectivity index (χ4v) is 5.06. The van der Waals surface area contributed by atoms with Crippen LogP contribution in [-0.2, 0) is 10.0 Å². The first-order chi connectivity index (χ1) is 12.3. The van der Waals surface area contributed by atoms with Crippen LogP contribution < -0.4 is 5.32 Å². The molecule has 0 aliphatic carbocycles. The summed E-state index contributed by atoms with van der Waals surface area (Å²) in [5, 5.41) is 2.96. The molecule has 2 rings (SSSR count). The van der Waals surface area contributed by atoms with Crippen LogP contribution in [0.1, 0.15) is 37.0 Å². The van der Waals surface area contributed by atoms with Crippen molar-refractivity contribution in [3.05, 3.63) is 28.2 Å². The van der Waals surface area contributed by atoms with Gasteiger partial charge in [0.15, 0.2) is 0 Å². The van der Waals surface area contributed by atoms with Crippen LogP contribution in [0.3, 0.4) is 0 Å². The molecule has 1 aliphatic heterocycles. The van der Waals surface area contributed by atoms with Crippen molar-refractivity contribution in [3.8, 4) is 0 Å². The third kappa shape index (κ3) is 5.06. The second-order valence-electron chi connectivity index (χ2n) is 6.69. The minimum Gasteiger partial charge on any atom is -0.352 e. The van der Waals surface area contributed by atoms with E-state index in [1.165, 1.54) is 16.4 Å². The largest absolute Gasteiger partial charge is 0.352 e. The van der Waals surface area contributed by atoms with Gasteiger partial charge in [-0.15, -0.1) is 0 Å². The van der Waals surface area contributed by atoms with E-state index in [9.17, 15) is 13.2 Å². The number of benzene rings is 1. The minimum absolute atomic E-state index is 0.147. The van der Waals surface area contributed by atoms with Gasteiger partial charge in [0, 0.05) is 24.1 Å². The van der Waals surface area contributed by atoms with Crippen LogP contribution in [0.5, 0.6) is 0 Å². The molecule has 8 heteroatoms. The van der Waals surface area contributed by atoms with Crippen molar-refractivity contribution in [3.63, 3.8) is 0 Å². The Morgan fingerprint density at radius 2 is 1.88 bits per heavy atom. The number of halogens is 1. The monoisotopic (exact) mass is 445 g/mol. The highest BCUT2D eigenvalue weighted by Gasteiger charge is 2.24. The van der Waals surface area contributed by atoms with Crippen LogP contribution in [0.4, 0.5) is 0 Å². The molecule has 1 aromatic rings. The first-order valence-electron chi connectivity index (χ1n) is 9.06. The van der Waals surface area contributed by atoms with E-state index in [1.54, 1.807) is 19.9 Å². The van der Waals surface area contributed by atoms with Crippen LogP contribution in [-0.4, -0.2) is 63.3 Å². The number of amides is 1. The quantitative estimate of drug-likeness (QED) is 0.699. The maximum absolute atomic E-state index is 12.7.